The van der Waals surface area contributed by atoms with Crippen LogP contribution in [0.3, 0.4) is 0 Å². The Balaban J connectivity index is 0.00000128. The van der Waals surface area contributed by atoms with Gasteiger partial charge in [0.25, 0.3) is 0 Å². The van der Waals surface area contributed by atoms with Crippen LogP contribution in [0.25, 0.3) is 0 Å². The van der Waals surface area contributed by atoms with Crippen LogP contribution < -0.4 is 5.32 Å². The van der Waals surface area contributed by atoms with E-state index in [2.05, 4.69) is 17.3 Å². The van der Waals surface area contributed by atoms with Gasteiger partial charge in [0.05, 0.1) is 0 Å². The molecule has 16 heavy (non-hydrogen) atoms. The van der Waals surface area contributed by atoms with Gasteiger partial charge in [-0.25, -0.2) is 0 Å². The third kappa shape index (κ3) is 4.21. The van der Waals surface area contributed by atoms with Crippen LogP contribution in [0, 0.1) is 11.8 Å². The molecule has 0 saturated carbocycles. The first-order chi connectivity index (χ1) is 7.38. The fraction of sp³-hybridized carbons (Fsp3) is 1.00. The zero-order valence-corrected chi connectivity index (χ0v) is 11.1. The first-order valence-corrected chi connectivity index (χ1v) is 6.33. The van der Waals surface area contributed by atoms with Crippen molar-refractivity contribution in [2.45, 2.75) is 19.3 Å². The van der Waals surface area contributed by atoms with Gasteiger partial charge in [-0.2, -0.15) is 0 Å². The van der Waals surface area contributed by atoms with Crippen molar-refractivity contribution in [2.24, 2.45) is 11.8 Å². The summed E-state index contributed by atoms with van der Waals surface area (Å²) in [4.78, 5) is 2.65. The Bertz CT molecular complexity index is 186. The van der Waals surface area contributed by atoms with Crippen LogP contribution in [0.4, 0.5) is 0 Å². The van der Waals surface area contributed by atoms with Crippen LogP contribution >= 0.6 is 12.4 Å². The van der Waals surface area contributed by atoms with E-state index in [4.69, 9.17) is 4.74 Å². The molecule has 3 nitrogen and oxygen atoms in total. The molecule has 2 saturated heterocycles. The average molecular weight is 249 g/mol. The fourth-order valence-corrected chi connectivity index (χ4v) is 2.83. The van der Waals surface area contributed by atoms with Gasteiger partial charge in [0, 0.05) is 26.3 Å². The zero-order valence-electron chi connectivity index (χ0n) is 10.3. The number of halogens is 1. The van der Waals surface area contributed by atoms with E-state index in [9.17, 15) is 0 Å². The number of nitrogens with one attached hydrogen (secondary N) is 1. The maximum atomic E-state index is 5.40. The third-order valence-electron chi connectivity index (χ3n) is 3.72. The van der Waals surface area contributed by atoms with Crippen molar-refractivity contribution in [3.05, 3.63) is 0 Å². The standard InChI is InChI=1S/C12H24N2O.ClH/c1-13-8-12-2-5-14(10-12)9-11-3-6-15-7-4-11;/h11-13H,2-10H2,1H3;1H. The van der Waals surface area contributed by atoms with Crippen molar-refractivity contribution >= 4 is 12.4 Å². The molecule has 0 aromatic carbocycles. The van der Waals surface area contributed by atoms with Crippen LogP contribution in [0.1, 0.15) is 19.3 Å². The fourth-order valence-electron chi connectivity index (χ4n) is 2.83. The molecule has 0 radical (unpaired) electrons. The molecule has 0 aromatic rings. The first-order valence-electron chi connectivity index (χ1n) is 6.33. The highest BCUT2D eigenvalue weighted by molar-refractivity contribution is 5.85. The molecular weight excluding hydrogens is 224 g/mol. The lowest BCUT2D eigenvalue weighted by Crippen LogP contribution is -2.31. The summed E-state index contributed by atoms with van der Waals surface area (Å²) in [5.74, 6) is 1.78. The van der Waals surface area contributed by atoms with Crippen LogP contribution in [0.2, 0.25) is 0 Å². The minimum atomic E-state index is 0. The van der Waals surface area contributed by atoms with Gasteiger partial charge in [0.15, 0.2) is 0 Å². The van der Waals surface area contributed by atoms with Crippen LogP contribution in [0.5, 0.6) is 0 Å². The van der Waals surface area contributed by atoms with E-state index >= 15 is 0 Å². The van der Waals surface area contributed by atoms with E-state index in [1.54, 1.807) is 0 Å². The Morgan fingerprint density at radius 3 is 2.62 bits per heavy atom. The topological polar surface area (TPSA) is 24.5 Å². The summed E-state index contributed by atoms with van der Waals surface area (Å²) >= 11 is 0. The maximum absolute atomic E-state index is 5.40. The Kier molecular flexibility index (Phi) is 6.66. The van der Waals surface area contributed by atoms with E-state index in [0.29, 0.717) is 0 Å². The number of ether oxygens (including phenoxy) is 1. The molecule has 0 bridgehead atoms. The number of rotatable bonds is 4. The first kappa shape index (κ1) is 14.2. The minimum Gasteiger partial charge on any atom is -0.381 e. The van der Waals surface area contributed by atoms with Gasteiger partial charge in [0.2, 0.25) is 0 Å². The molecule has 4 heteroatoms. The van der Waals surface area contributed by atoms with E-state index < -0.39 is 0 Å². The Hall–Kier alpha value is 0.170. The number of hydrogen-bond acceptors (Lipinski definition) is 3. The third-order valence-corrected chi connectivity index (χ3v) is 3.72. The second-order valence-electron chi connectivity index (χ2n) is 5.03. The van der Waals surface area contributed by atoms with Crippen molar-refractivity contribution < 1.29 is 4.74 Å². The lowest BCUT2D eigenvalue weighted by atomic mass is 10.00. The smallest absolute Gasteiger partial charge is 0.0469 e. The van der Waals surface area contributed by atoms with Crippen LogP contribution in [-0.2, 0) is 4.74 Å². The summed E-state index contributed by atoms with van der Waals surface area (Å²) in [6.45, 7) is 7.08. The van der Waals surface area contributed by atoms with Crippen molar-refractivity contribution in [3.63, 3.8) is 0 Å². The van der Waals surface area contributed by atoms with Crippen molar-refractivity contribution in [1.29, 1.82) is 0 Å². The Morgan fingerprint density at radius 1 is 1.19 bits per heavy atom. The van der Waals surface area contributed by atoms with Gasteiger partial charge < -0.3 is 15.0 Å². The summed E-state index contributed by atoms with van der Waals surface area (Å²) in [5, 5.41) is 3.29. The molecule has 1 atom stereocenters. The Labute approximate surface area is 105 Å². The molecule has 1 unspecified atom stereocenters. The zero-order chi connectivity index (χ0) is 10.5. The monoisotopic (exact) mass is 248 g/mol. The molecule has 0 aliphatic carbocycles. The summed E-state index contributed by atoms with van der Waals surface area (Å²) in [7, 11) is 2.06. The normalized spacial score (nSPS) is 27.9. The second kappa shape index (κ2) is 7.49. The maximum Gasteiger partial charge on any atom is 0.0469 e. The summed E-state index contributed by atoms with van der Waals surface area (Å²) < 4.78 is 5.40. The minimum absolute atomic E-state index is 0. The van der Waals surface area contributed by atoms with E-state index in [1.165, 1.54) is 45.4 Å². The molecule has 0 aromatic heterocycles. The number of likely N-dealkylation sites (tertiary alicyclic amines) is 1. The molecule has 0 spiro atoms. The number of hydrogen-bond donors (Lipinski definition) is 1. The predicted molar refractivity (Wildman–Crippen MR) is 69.3 cm³/mol. The highest BCUT2D eigenvalue weighted by Gasteiger charge is 2.24. The largest absolute Gasteiger partial charge is 0.381 e. The highest BCUT2D eigenvalue weighted by atomic mass is 35.5. The van der Waals surface area contributed by atoms with Gasteiger partial charge in [-0.05, 0) is 51.2 Å². The van der Waals surface area contributed by atoms with Gasteiger partial charge in [-0.15, -0.1) is 12.4 Å². The van der Waals surface area contributed by atoms with Crippen molar-refractivity contribution in [2.75, 3.05) is 46.4 Å². The lowest BCUT2D eigenvalue weighted by Gasteiger charge is -2.26. The molecule has 96 valence electrons. The summed E-state index contributed by atoms with van der Waals surface area (Å²) in [5.41, 5.74) is 0. The Morgan fingerprint density at radius 2 is 1.94 bits per heavy atom. The highest BCUT2D eigenvalue weighted by Crippen LogP contribution is 2.21. The SMILES string of the molecule is CNCC1CCN(CC2CCOCC2)C1.Cl. The van der Waals surface area contributed by atoms with Gasteiger partial charge in [-0.3, -0.25) is 0 Å². The average Bonchev–Trinajstić information content (AvgIpc) is 2.68. The van der Waals surface area contributed by atoms with Gasteiger partial charge >= 0.3 is 0 Å². The molecule has 0 amide bonds. The second-order valence-corrected chi connectivity index (χ2v) is 5.03. The molecule has 2 aliphatic heterocycles. The summed E-state index contributed by atoms with van der Waals surface area (Å²) in [6.07, 6.45) is 3.92. The number of nitrogens with zero attached hydrogens (tertiary/aromatic N) is 1. The molecular formula is C12H25ClN2O. The quantitative estimate of drug-likeness (QED) is 0.814. The van der Waals surface area contributed by atoms with Gasteiger partial charge in [-0.1, -0.05) is 0 Å². The predicted octanol–water partition coefficient (Wildman–Crippen LogP) is 1.38. The molecule has 2 rings (SSSR count). The van der Waals surface area contributed by atoms with Gasteiger partial charge in [0.1, 0.15) is 0 Å². The van der Waals surface area contributed by atoms with E-state index in [0.717, 1.165) is 25.0 Å². The molecule has 2 heterocycles. The van der Waals surface area contributed by atoms with E-state index in [1.807, 2.05) is 0 Å². The van der Waals surface area contributed by atoms with Crippen molar-refractivity contribution in [1.82, 2.24) is 10.2 Å². The summed E-state index contributed by atoms with van der Waals surface area (Å²) in [6, 6.07) is 0. The lowest BCUT2D eigenvalue weighted by molar-refractivity contribution is 0.0551. The van der Waals surface area contributed by atoms with Crippen LogP contribution in [0.15, 0.2) is 0 Å². The van der Waals surface area contributed by atoms with Crippen LogP contribution in [-0.4, -0.2) is 51.3 Å². The van der Waals surface area contributed by atoms with Crippen molar-refractivity contribution in [3.8, 4) is 0 Å². The van der Waals surface area contributed by atoms with E-state index in [-0.39, 0.29) is 12.4 Å². The molecule has 2 aliphatic rings. The molecule has 1 N–H and O–H groups in total. The molecule has 2 fully saturated rings.